The molecule has 4 amide bonds. The van der Waals surface area contributed by atoms with Gasteiger partial charge in [-0.1, -0.05) is 23.8 Å². The number of allylic oxidation sites excluding steroid dienone is 2. The predicted octanol–water partition coefficient (Wildman–Crippen LogP) is 3.63. The zero-order chi connectivity index (χ0) is 27.2. The predicted molar refractivity (Wildman–Crippen MR) is 135 cm³/mol. The summed E-state index contributed by atoms with van der Waals surface area (Å²) in [7, 11) is 1.46. The lowest BCUT2D eigenvalue weighted by atomic mass is 9.57. The molecule has 2 aliphatic carbocycles. The van der Waals surface area contributed by atoms with E-state index in [9.17, 15) is 24.3 Å². The molecule has 1 N–H and O–H groups in total. The topological polar surface area (TPSA) is 104 Å². The lowest BCUT2D eigenvalue weighted by Crippen LogP contribution is -2.47. The Kier molecular flexibility index (Phi) is 5.63. The summed E-state index contributed by atoms with van der Waals surface area (Å²) < 4.78 is 5.36. The van der Waals surface area contributed by atoms with E-state index in [0.717, 1.165) is 5.57 Å². The van der Waals surface area contributed by atoms with Gasteiger partial charge in [-0.25, -0.2) is 0 Å². The Morgan fingerprint density at radius 2 is 1.38 bits per heavy atom. The van der Waals surface area contributed by atoms with Crippen molar-refractivity contribution in [3.05, 3.63) is 35.4 Å². The molecule has 198 valence electrons. The maximum atomic E-state index is 13.9. The van der Waals surface area contributed by atoms with Gasteiger partial charge in [-0.2, -0.15) is 0 Å². The summed E-state index contributed by atoms with van der Waals surface area (Å²) in [4.78, 5) is 57.5. The van der Waals surface area contributed by atoms with Crippen molar-refractivity contribution in [2.24, 2.45) is 29.6 Å². The monoisotopic (exact) mass is 508 g/mol. The molecule has 0 radical (unpaired) electrons. The maximum absolute atomic E-state index is 13.9. The Hall–Kier alpha value is -3.16. The van der Waals surface area contributed by atoms with Gasteiger partial charge in [0.2, 0.25) is 23.6 Å². The first-order chi connectivity index (χ1) is 17.2. The van der Waals surface area contributed by atoms with E-state index in [2.05, 4.69) is 0 Å². The molecular formula is C29H36N2O6. The Balaban J connectivity index is 1.68. The molecule has 8 nitrogen and oxygen atoms in total. The zero-order valence-corrected chi connectivity index (χ0v) is 22.6. The Morgan fingerprint density at radius 1 is 0.811 bits per heavy atom. The van der Waals surface area contributed by atoms with Gasteiger partial charge in [-0.15, -0.1) is 0 Å². The van der Waals surface area contributed by atoms with Crippen LogP contribution in [-0.2, 0) is 19.2 Å². The zero-order valence-electron chi connectivity index (χ0n) is 22.6. The van der Waals surface area contributed by atoms with Crippen LogP contribution < -0.4 is 4.74 Å². The summed E-state index contributed by atoms with van der Waals surface area (Å²) in [6, 6.07) is 5.16. The molecule has 2 aliphatic heterocycles. The number of benzene rings is 1. The number of rotatable bonds is 2. The van der Waals surface area contributed by atoms with Crippen LogP contribution in [0.5, 0.6) is 11.5 Å². The van der Waals surface area contributed by atoms with Gasteiger partial charge in [-0.05, 0) is 66.4 Å². The number of phenolic OH excluding ortho intramolecular Hbond substituents is 1. The molecule has 2 saturated heterocycles. The molecule has 0 bridgehead atoms. The number of hydrogen-bond acceptors (Lipinski definition) is 6. The summed E-state index contributed by atoms with van der Waals surface area (Å²) in [6.45, 7) is 11.1. The van der Waals surface area contributed by atoms with E-state index in [-0.39, 0.29) is 41.0 Å². The smallest absolute Gasteiger partial charge is 0.234 e. The van der Waals surface area contributed by atoms with Crippen LogP contribution in [0.15, 0.2) is 29.8 Å². The number of carbonyl (C=O) groups is 4. The average Bonchev–Trinajstić information content (AvgIpc) is 3.21. The fourth-order valence-corrected chi connectivity index (χ4v) is 7.21. The van der Waals surface area contributed by atoms with Crippen LogP contribution in [-0.4, -0.2) is 56.7 Å². The van der Waals surface area contributed by atoms with Gasteiger partial charge in [0.05, 0.1) is 30.8 Å². The van der Waals surface area contributed by atoms with Gasteiger partial charge in [0.25, 0.3) is 0 Å². The van der Waals surface area contributed by atoms with Crippen molar-refractivity contribution in [2.75, 3.05) is 7.11 Å². The van der Waals surface area contributed by atoms with Crippen LogP contribution in [0, 0.1) is 29.6 Å². The fraction of sp³-hybridized carbons (Fsp3) is 0.586. The van der Waals surface area contributed by atoms with Crippen LogP contribution in [0.1, 0.15) is 65.9 Å². The molecule has 4 aliphatic rings. The minimum absolute atomic E-state index is 0.0722. The minimum Gasteiger partial charge on any atom is -0.504 e. The number of amides is 4. The number of fused-ring (bicyclic) bond motifs is 4. The average molecular weight is 509 g/mol. The lowest BCUT2D eigenvalue weighted by molar-refractivity contribution is -0.147. The molecule has 1 aromatic carbocycles. The van der Waals surface area contributed by atoms with Crippen molar-refractivity contribution < 1.29 is 29.0 Å². The molecular weight excluding hydrogens is 472 g/mol. The molecule has 0 spiro atoms. The third-order valence-corrected chi connectivity index (χ3v) is 8.58. The Morgan fingerprint density at radius 3 is 1.95 bits per heavy atom. The molecule has 1 aromatic rings. The molecule has 6 atom stereocenters. The molecule has 8 heteroatoms. The first-order valence-corrected chi connectivity index (χ1v) is 13.0. The summed E-state index contributed by atoms with van der Waals surface area (Å²) >= 11 is 0. The molecule has 0 aromatic heterocycles. The van der Waals surface area contributed by atoms with Crippen LogP contribution in [0.3, 0.4) is 0 Å². The van der Waals surface area contributed by atoms with Crippen molar-refractivity contribution in [3.8, 4) is 11.5 Å². The number of likely N-dealkylation sites (tertiary alicyclic amines) is 2. The second kappa shape index (κ2) is 8.17. The van der Waals surface area contributed by atoms with Crippen LogP contribution >= 0.6 is 0 Å². The Labute approximate surface area is 217 Å². The molecule has 6 unspecified atom stereocenters. The number of phenols is 1. The lowest BCUT2D eigenvalue weighted by Gasteiger charge is -2.44. The first-order valence-electron chi connectivity index (χ1n) is 13.0. The van der Waals surface area contributed by atoms with E-state index in [1.807, 2.05) is 47.6 Å². The third-order valence-electron chi connectivity index (χ3n) is 8.58. The number of imide groups is 2. The number of para-hydroxylation sites is 1. The van der Waals surface area contributed by atoms with Crippen LogP contribution in [0.4, 0.5) is 0 Å². The van der Waals surface area contributed by atoms with E-state index in [1.54, 1.807) is 18.2 Å². The van der Waals surface area contributed by atoms with Crippen molar-refractivity contribution in [1.82, 2.24) is 9.80 Å². The number of hydrogen-bond donors (Lipinski definition) is 1. The second-order valence-corrected chi connectivity index (χ2v) is 12.8. The van der Waals surface area contributed by atoms with Crippen molar-refractivity contribution >= 4 is 23.6 Å². The number of carbonyl (C=O) groups excluding carboxylic acids is 4. The minimum atomic E-state index is -0.712. The van der Waals surface area contributed by atoms with Crippen molar-refractivity contribution in [2.45, 2.75) is 71.4 Å². The van der Waals surface area contributed by atoms with Gasteiger partial charge in [0, 0.05) is 22.6 Å². The van der Waals surface area contributed by atoms with Gasteiger partial charge in [0.1, 0.15) is 0 Å². The number of nitrogens with zero attached hydrogens (tertiary/aromatic N) is 2. The highest BCUT2D eigenvalue weighted by molar-refractivity contribution is 6.08. The number of aromatic hydroxyl groups is 1. The fourth-order valence-electron chi connectivity index (χ4n) is 7.21. The van der Waals surface area contributed by atoms with E-state index < -0.39 is 40.7 Å². The molecule has 1 saturated carbocycles. The quantitative estimate of drug-likeness (QED) is 0.483. The first kappa shape index (κ1) is 25.5. The molecule has 5 rings (SSSR count). The molecule has 37 heavy (non-hydrogen) atoms. The van der Waals surface area contributed by atoms with E-state index in [1.165, 1.54) is 16.9 Å². The maximum Gasteiger partial charge on any atom is 0.234 e. The van der Waals surface area contributed by atoms with Crippen molar-refractivity contribution in [1.29, 1.82) is 0 Å². The highest BCUT2D eigenvalue weighted by atomic mass is 16.5. The summed E-state index contributed by atoms with van der Waals surface area (Å²) in [6.07, 6.45) is 2.70. The molecule has 2 heterocycles. The SMILES string of the molecule is COc1cccc(C2C3=CCC4C(=O)N(C(C)(C)C)C(=O)C4C3CC3C(=O)N(C(C)(C)C)C(=O)C32)c1O. The number of ether oxygens (including phenoxy) is 1. The second-order valence-electron chi connectivity index (χ2n) is 12.8. The van der Waals surface area contributed by atoms with Gasteiger partial charge >= 0.3 is 0 Å². The normalized spacial score (nSPS) is 31.8. The van der Waals surface area contributed by atoms with E-state index in [4.69, 9.17) is 4.74 Å². The standard InChI is InChI=1S/C29H36N2O6/c1-28(2,3)30-24(33)16-12-11-14-17(21(16)26(30)35)13-18-22(27(36)31(25(18)34)29(4,5)6)20(14)15-9-8-10-19(37-7)23(15)32/h8-11,16-18,20-22,32H,12-13H2,1-7H3. The number of methoxy groups -OCH3 is 1. The van der Waals surface area contributed by atoms with Gasteiger partial charge in [0.15, 0.2) is 11.5 Å². The summed E-state index contributed by atoms with van der Waals surface area (Å²) in [5.41, 5.74) is -0.00307. The third kappa shape index (κ3) is 3.55. The van der Waals surface area contributed by atoms with Gasteiger partial charge < -0.3 is 9.84 Å². The van der Waals surface area contributed by atoms with E-state index >= 15 is 0 Å². The highest BCUT2D eigenvalue weighted by Gasteiger charge is 2.63. The largest absolute Gasteiger partial charge is 0.504 e. The molecule has 3 fully saturated rings. The summed E-state index contributed by atoms with van der Waals surface area (Å²) in [5.74, 6) is -4.09. The summed E-state index contributed by atoms with van der Waals surface area (Å²) in [5, 5.41) is 11.2. The Bertz CT molecular complexity index is 1240. The van der Waals surface area contributed by atoms with Gasteiger partial charge in [-0.3, -0.25) is 29.0 Å². The van der Waals surface area contributed by atoms with Crippen LogP contribution in [0.2, 0.25) is 0 Å². The van der Waals surface area contributed by atoms with Crippen LogP contribution in [0.25, 0.3) is 0 Å². The highest BCUT2D eigenvalue weighted by Crippen LogP contribution is 2.60. The van der Waals surface area contributed by atoms with E-state index in [0.29, 0.717) is 18.4 Å². The van der Waals surface area contributed by atoms with Crippen molar-refractivity contribution in [3.63, 3.8) is 0 Å².